The molecule has 4 rings (SSSR count). The molecular weight excluding hydrogens is 368 g/mol. The van der Waals surface area contributed by atoms with E-state index in [0.717, 1.165) is 35.3 Å². The normalized spacial score (nSPS) is 11.1. The van der Waals surface area contributed by atoms with Crippen molar-refractivity contribution >= 4 is 22.8 Å². The Bertz CT molecular complexity index is 1120. The monoisotopic (exact) mass is 390 g/mol. The standard InChI is InChI=1S/C21H22N6O2/c1-2-18-23-16-8-7-14(13(5-3-11-22)20(16)24-18)21(28)25-19-10-9-15(26-27-19)17-6-4-12-29-17/h4,6-10,12H,2-3,5,11,22H2,1H3,(H,23,24)(H,25,27,28). The summed E-state index contributed by atoms with van der Waals surface area (Å²) in [4.78, 5) is 20.9. The first-order valence-corrected chi connectivity index (χ1v) is 9.59. The molecule has 1 amide bonds. The molecule has 0 fully saturated rings. The van der Waals surface area contributed by atoms with Gasteiger partial charge in [0.05, 0.1) is 17.3 Å². The van der Waals surface area contributed by atoms with Crippen LogP contribution in [0.4, 0.5) is 5.82 Å². The highest BCUT2D eigenvalue weighted by molar-refractivity contribution is 6.07. The van der Waals surface area contributed by atoms with E-state index >= 15 is 0 Å². The number of H-pyrrole nitrogens is 1. The van der Waals surface area contributed by atoms with Crippen LogP contribution in [0.25, 0.3) is 22.5 Å². The number of aromatic amines is 1. The minimum Gasteiger partial charge on any atom is -0.463 e. The maximum Gasteiger partial charge on any atom is 0.257 e. The number of nitrogens with zero attached hydrogens (tertiary/aromatic N) is 3. The summed E-state index contributed by atoms with van der Waals surface area (Å²) in [5.74, 6) is 1.63. The van der Waals surface area contributed by atoms with Gasteiger partial charge < -0.3 is 20.5 Å². The van der Waals surface area contributed by atoms with Gasteiger partial charge in [-0.15, -0.1) is 10.2 Å². The van der Waals surface area contributed by atoms with Crippen LogP contribution in [-0.4, -0.2) is 32.6 Å². The molecule has 3 aromatic heterocycles. The molecule has 8 heteroatoms. The fourth-order valence-electron chi connectivity index (χ4n) is 3.23. The Morgan fingerprint density at radius 1 is 1.21 bits per heavy atom. The largest absolute Gasteiger partial charge is 0.463 e. The lowest BCUT2D eigenvalue weighted by atomic mass is 10.00. The maximum absolute atomic E-state index is 13.0. The van der Waals surface area contributed by atoms with Gasteiger partial charge in [-0.1, -0.05) is 6.92 Å². The maximum atomic E-state index is 13.0. The number of furan rings is 1. The fraction of sp³-hybridized carbons (Fsp3) is 0.238. The summed E-state index contributed by atoms with van der Waals surface area (Å²) in [6.07, 6.45) is 3.81. The zero-order chi connectivity index (χ0) is 20.2. The van der Waals surface area contributed by atoms with E-state index in [-0.39, 0.29) is 5.91 Å². The topological polar surface area (TPSA) is 123 Å². The summed E-state index contributed by atoms with van der Waals surface area (Å²) in [5.41, 5.74) is 9.50. The van der Waals surface area contributed by atoms with Crippen LogP contribution in [0.2, 0.25) is 0 Å². The third kappa shape index (κ3) is 3.88. The zero-order valence-electron chi connectivity index (χ0n) is 16.1. The molecule has 0 spiro atoms. The number of carbonyl (C=O) groups excluding carboxylic acids is 1. The van der Waals surface area contributed by atoms with Crippen molar-refractivity contribution in [1.29, 1.82) is 0 Å². The van der Waals surface area contributed by atoms with Crippen LogP contribution in [0, 0.1) is 0 Å². The second-order valence-electron chi connectivity index (χ2n) is 6.65. The van der Waals surface area contributed by atoms with Gasteiger partial charge >= 0.3 is 0 Å². The van der Waals surface area contributed by atoms with Crippen LogP contribution in [0.3, 0.4) is 0 Å². The third-order valence-corrected chi connectivity index (χ3v) is 4.70. The SMILES string of the molecule is CCc1nc2c(CCCN)c(C(=O)Nc3ccc(-c4ccco4)nn3)ccc2[nH]1. The molecule has 29 heavy (non-hydrogen) atoms. The Morgan fingerprint density at radius 3 is 2.79 bits per heavy atom. The minimum atomic E-state index is -0.250. The van der Waals surface area contributed by atoms with E-state index in [9.17, 15) is 4.79 Å². The Balaban J connectivity index is 1.62. The van der Waals surface area contributed by atoms with Crippen molar-refractivity contribution < 1.29 is 9.21 Å². The number of hydrogen-bond acceptors (Lipinski definition) is 6. The number of rotatable bonds is 7. The predicted molar refractivity (Wildman–Crippen MR) is 111 cm³/mol. The molecule has 0 aliphatic heterocycles. The number of anilines is 1. The molecule has 0 saturated heterocycles. The van der Waals surface area contributed by atoms with Crippen LogP contribution in [0.5, 0.6) is 0 Å². The summed E-state index contributed by atoms with van der Waals surface area (Å²) in [7, 11) is 0. The molecule has 0 unspecified atom stereocenters. The lowest BCUT2D eigenvalue weighted by Gasteiger charge is -2.10. The van der Waals surface area contributed by atoms with Crippen molar-refractivity contribution in [3.05, 3.63) is 59.6 Å². The van der Waals surface area contributed by atoms with E-state index in [1.54, 1.807) is 30.5 Å². The van der Waals surface area contributed by atoms with Gasteiger partial charge in [-0.2, -0.15) is 0 Å². The highest BCUT2D eigenvalue weighted by atomic mass is 16.3. The Morgan fingerprint density at radius 2 is 2.10 bits per heavy atom. The van der Waals surface area contributed by atoms with Gasteiger partial charge in [-0.05, 0) is 61.3 Å². The van der Waals surface area contributed by atoms with Crippen molar-refractivity contribution in [3.8, 4) is 11.5 Å². The van der Waals surface area contributed by atoms with Crippen molar-refractivity contribution in [1.82, 2.24) is 20.2 Å². The van der Waals surface area contributed by atoms with E-state index in [0.29, 0.717) is 35.8 Å². The molecule has 148 valence electrons. The molecular formula is C21H22N6O2. The number of hydrogen-bond donors (Lipinski definition) is 3. The van der Waals surface area contributed by atoms with Crippen molar-refractivity contribution in [2.75, 3.05) is 11.9 Å². The molecule has 0 atom stereocenters. The number of carbonyl (C=O) groups is 1. The second-order valence-corrected chi connectivity index (χ2v) is 6.65. The van der Waals surface area contributed by atoms with E-state index < -0.39 is 0 Å². The molecule has 0 bridgehead atoms. The van der Waals surface area contributed by atoms with Gasteiger partial charge in [0.2, 0.25) is 0 Å². The number of amides is 1. The Labute approximate surface area is 167 Å². The quantitative estimate of drug-likeness (QED) is 0.445. The van der Waals surface area contributed by atoms with Crippen LogP contribution < -0.4 is 11.1 Å². The molecule has 4 aromatic rings. The fourth-order valence-corrected chi connectivity index (χ4v) is 3.23. The zero-order valence-corrected chi connectivity index (χ0v) is 16.1. The third-order valence-electron chi connectivity index (χ3n) is 4.70. The van der Waals surface area contributed by atoms with Gasteiger partial charge in [-0.3, -0.25) is 4.79 Å². The van der Waals surface area contributed by atoms with E-state index in [4.69, 9.17) is 10.2 Å². The molecule has 1 aromatic carbocycles. The Kier molecular flexibility index (Phi) is 5.35. The van der Waals surface area contributed by atoms with E-state index in [2.05, 4.69) is 25.5 Å². The lowest BCUT2D eigenvalue weighted by Crippen LogP contribution is -2.16. The summed E-state index contributed by atoms with van der Waals surface area (Å²) >= 11 is 0. The molecule has 3 heterocycles. The molecule has 0 radical (unpaired) electrons. The smallest absolute Gasteiger partial charge is 0.257 e. The van der Waals surface area contributed by atoms with Crippen LogP contribution in [0.15, 0.2) is 47.1 Å². The number of imidazole rings is 1. The predicted octanol–water partition coefficient (Wildman–Crippen LogP) is 3.32. The highest BCUT2D eigenvalue weighted by Crippen LogP contribution is 2.24. The number of aryl methyl sites for hydroxylation is 2. The Hall–Kier alpha value is -3.52. The highest BCUT2D eigenvalue weighted by Gasteiger charge is 2.17. The van der Waals surface area contributed by atoms with Gasteiger partial charge in [0.15, 0.2) is 11.6 Å². The minimum absolute atomic E-state index is 0.250. The number of nitrogens with one attached hydrogen (secondary N) is 2. The first-order chi connectivity index (χ1) is 14.2. The molecule has 8 nitrogen and oxygen atoms in total. The summed E-state index contributed by atoms with van der Waals surface area (Å²) in [5, 5.41) is 11.0. The first-order valence-electron chi connectivity index (χ1n) is 9.59. The summed E-state index contributed by atoms with van der Waals surface area (Å²) in [6, 6.07) is 10.7. The molecule has 0 aliphatic carbocycles. The number of aromatic nitrogens is 4. The number of benzene rings is 1. The van der Waals surface area contributed by atoms with E-state index in [1.807, 2.05) is 19.1 Å². The van der Waals surface area contributed by atoms with Crippen LogP contribution >= 0.6 is 0 Å². The van der Waals surface area contributed by atoms with Gasteiger partial charge in [-0.25, -0.2) is 4.98 Å². The van der Waals surface area contributed by atoms with Crippen LogP contribution in [-0.2, 0) is 12.8 Å². The second kappa shape index (κ2) is 8.24. The van der Waals surface area contributed by atoms with Crippen molar-refractivity contribution in [2.45, 2.75) is 26.2 Å². The van der Waals surface area contributed by atoms with Gasteiger partial charge in [0.25, 0.3) is 5.91 Å². The van der Waals surface area contributed by atoms with Crippen LogP contribution in [0.1, 0.15) is 35.1 Å². The van der Waals surface area contributed by atoms with Crippen molar-refractivity contribution in [3.63, 3.8) is 0 Å². The van der Waals surface area contributed by atoms with Gasteiger partial charge in [0, 0.05) is 12.0 Å². The average Bonchev–Trinajstić information content (AvgIpc) is 3.42. The molecule has 0 aliphatic rings. The summed E-state index contributed by atoms with van der Waals surface area (Å²) in [6.45, 7) is 2.58. The lowest BCUT2D eigenvalue weighted by molar-refractivity contribution is 0.102. The molecule has 0 saturated carbocycles. The molecule has 4 N–H and O–H groups in total. The van der Waals surface area contributed by atoms with Gasteiger partial charge in [0.1, 0.15) is 11.5 Å². The van der Waals surface area contributed by atoms with Crippen molar-refractivity contribution in [2.24, 2.45) is 5.73 Å². The number of nitrogens with two attached hydrogens (primary N) is 1. The average molecular weight is 390 g/mol. The number of fused-ring (bicyclic) bond motifs is 1. The summed E-state index contributed by atoms with van der Waals surface area (Å²) < 4.78 is 5.31. The van der Waals surface area contributed by atoms with E-state index in [1.165, 1.54) is 0 Å². The first kappa shape index (κ1) is 18.8.